The number of hydrogen-bond acceptors (Lipinski definition) is 3. The number of rotatable bonds is 5. The maximum absolute atomic E-state index is 11.5. The normalized spacial score (nSPS) is 20.7. The van der Waals surface area contributed by atoms with Gasteiger partial charge in [0.1, 0.15) is 0 Å². The van der Waals surface area contributed by atoms with Gasteiger partial charge in [-0.2, -0.15) is 0 Å². The van der Waals surface area contributed by atoms with E-state index in [2.05, 4.69) is 17.1 Å². The van der Waals surface area contributed by atoms with Gasteiger partial charge in [-0.1, -0.05) is 13.3 Å². The van der Waals surface area contributed by atoms with Crippen LogP contribution >= 0.6 is 0 Å². The van der Waals surface area contributed by atoms with Crippen LogP contribution in [0.1, 0.15) is 39.5 Å². The Bertz CT molecular complexity index is 219. The van der Waals surface area contributed by atoms with Gasteiger partial charge in [0.15, 0.2) is 0 Å². The maximum atomic E-state index is 11.5. The van der Waals surface area contributed by atoms with E-state index in [-0.39, 0.29) is 5.91 Å². The maximum Gasteiger partial charge on any atom is 0.234 e. The molecule has 0 spiro atoms. The van der Waals surface area contributed by atoms with Gasteiger partial charge in [-0.05, 0) is 26.2 Å². The van der Waals surface area contributed by atoms with Gasteiger partial charge in [0.25, 0.3) is 0 Å². The van der Waals surface area contributed by atoms with Crippen LogP contribution in [0.2, 0.25) is 0 Å². The zero-order chi connectivity index (χ0) is 12.0. The Balaban J connectivity index is 2.16. The van der Waals surface area contributed by atoms with E-state index in [4.69, 9.17) is 0 Å². The van der Waals surface area contributed by atoms with Crippen LogP contribution in [0, 0.1) is 0 Å². The van der Waals surface area contributed by atoms with E-state index in [9.17, 15) is 9.90 Å². The van der Waals surface area contributed by atoms with Crippen LogP contribution in [-0.2, 0) is 4.79 Å². The van der Waals surface area contributed by atoms with Gasteiger partial charge in [0, 0.05) is 19.6 Å². The summed E-state index contributed by atoms with van der Waals surface area (Å²) in [6.45, 7) is 6.85. The third kappa shape index (κ3) is 4.94. The number of nitrogens with zero attached hydrogens (tertiary/aromatic N) is 1. The summed E-state index contributed by atoms with van der Waals surface area (Å²) < 4.78 is 0. The Morgan fingerprint density at radius 1 is 1.44 bits per heavy atom. The molecule has 4 nitrogen and oxygen atoms in total. The van der Waals surface area contributed by atoms with Crippen LogP contribution < -0.4 is 5.32 Å². The van der Waals surface area contributed by atoms with Crippen molar-refractivity contribution >= 4 is 5.91 Å². The third-order valence-electron chi connectivity index (χ3n) is 3.15. The lowest BCUT2D eigenvalue weighted by molar-refractivity contribution is -0.123. The first-order chi connectivity index (χ1) is 7.53. The number of nitrogens with one attached hydrogen (secondary N) is 1. The minimum absolute atomic E-state index is 0.106. The van der Waals surface area contributed by atoms with E-state index in [0.29, 0.717) is 6.54 Å². The zero-order valence-corrected chi connectivity index (χ0v) is 10.5. The molecule has 0 aliphatic carbocycles. The molecule has 16 heavy (non-hydrogen) atoms. The standard InChI is InChI=1S/C12H24N2O2/c1-3-4-7-13-11(15)10-14-8-5-12(2,16)6-9-14/h16H,3-10H2,1-2H3,(H,13,15). The van der Waals surface area contributed by atoms with Gasteiger partial charge in [-0.25, -0.2) is 0 Å². The highest BCUT2D eigenvalue weighted by molar-refractivity contribution is 5.77. The van der Waals surface area contributed by atoms with E-state index >= 15 is 0 Å². The number of hydrogen-bond donors (Lipinski definition) is 2. The van der Waals surface area contributed by atoms with Crippen molar-refractivity contribution in [2.75, 3.05) is 26.2 Å². The van der Waals surface area contributed by atoms with Crippen molar-refractivity contribution in [3.8, 4) is 0 Å². The van der Waals surface area contributed by atoms with Gasteiger partial charge in [-0.3, -0.25) is 9.69 Å². The lowest BCUT2D eigenvalue weighted by Crippen LogP contribution is -2.46. The second-order valence-electron chi connectivity index (χ2n) is 4.98. The Labute approximate surface area is 98.0 Å². The fourth-order valence-corrected chi connectivity index (χ4v) is 1.86. The summed E-state index contributed by atoms with van der Waals surface area (Å²) in [5.41, 5.74) is -0.533. The van der Waals surface area contributed by atoms with Crippen molar-refractivity contribution in [2.45, 2.75) is 45.1 Å². The van der Waals surface area contributed by atoms with Gasteiger partial charge in [0.2, 0.25) is 5.91 Å². The van der Waals surface area contributed by atoms with Crippen molar-refractivity contribution in [3.05, 3.63) is 0 Å². The molecule has 0 aromatic carbocycles. The van der Waals surface area contributed by atoms with Crippen LogP contribution in [0.5, 0.6) is 0 Å². The highest BCUT2D eigenvalue weighted by atomic mass is 16.3. The summed E-state index contributed by atoms with van der Waals surface area (Å²) in [4.78, 5) is 13.6. The molecule has 0 aromatic heterocycles. The lowest BCUT2D eigenvalue weighted by atomic mass is 9.94. The summed E-state index contributed by atoms with van der Waals surface area (Å²) in [6, 6.07) is 0. The predicted molar refractivity (Wildman–Crippen MR) is 64.2 cm³/mol. The Kier molecular flexibility index (Phi) is 5.22. The van der Waals surface area contributed by atoms with Gasteiger partial charge in [0.05, 0.1) is 12.1 Å². The number of unbranched alkanes of at least 4 members (excludes halogenated alkanes) is 1. The molecular formula is C12H24N2O2. The highest BCUT2D eigenvalue weighted by Crippen LogP contribution is 2.20. The Morgan fingerprint density at radius 2 is 2.06 bits per heavy atom. The van der Waals surface area contributed by atoms with Crippen LogP contribution in [0.3, 0.4) is 0 Å². The first-order valence-electron chi connectivity index (χ1n) is 6.25. The molecule has 1 amide bonds. The second kappa shape index (κ2) is 6.21. The molecule has 0 bridgehead atoms. The first-order valence-corrected chi connectivity index (χ1v) is 6.25. The van der Waals surface area contributed by atoms with Crippen LogP contribution in [0.25, 0.3) is 0 Å². The molecule has 0 saturated carbocycles. The summed E-state index contributed by atoms with van der Waals surface area (Å²) in [5.74, 6) is 0.106. The Hall–Kier alpha value is -0.610. The fraction of sp³-hybridized carbons (Fsp3) is 0.917. The molecule has 1 saturated heterocycles. The molecule has 1 rings (SSSR count). The molecule has 2 N–H and O–H groups in total. The van der Waals surface area contributed by atoms with Gasteiger partial charge >= 0.3 is 0 Å². The smallest absolute Gasteiger partial charge is 0.234 e. The number of amides is 1. The molecule has 4 heteroatoms. The number of aliphatic hydroxyl groups is 1. The zero-order valence-electron chi connectivity index (χ0n) is 10.5. The molecule has 1 aliphatic heterocycles. The number of carbonyl (C=O) groups is 1. The largest absolute Gasteiger partial charge is 0.390 e. The van der Waals surface area contributed by atoms with E-state index in [1.54, 1.807) is 0 Å². The summed E-state index contributed by atoms with van der Waals surface area (Å²) >= 11 is 0. The van der Waals surface area contributed by atoms with Crippen molar-refractivity contribution < 1.29 is 9.90 Å². The monoisotopic (exact) mass is 228 g/mol. The average Bonchev–Trinajstić information content (AvgIpc) is 2.22. The van der Waals surface area contributed by atoms with E-state index in [0.717, 1.165) is 45.3 Å². The average molecular weight is 228 g/mol. The lowest BCUT2D eigenvalue weighted by Gasteiger charge is -2.35. The SMILES string of the molecule is CCCCNC(=O)CN1CCC(C)(O)CC1. The highest BCUT2D eigenvalue weighted by Gasteiger charge is 2.27. The minimum atomic E-state index is -0.533. The van der Waals surface area contributed by atoms with Crippen molar-refractivity contribution in [3.63, 3.8) is 0 Å². The second-order valence-corrected chi connectivity index (χ2v) is 4.98. The molecule has 0 radical (unpaired) electrons. The number of carbonyl (C=O) groups excluding carboxylic acids is 1. The molecule has 0 unspecified atom stereocenters. The quantitative estimate of drug-likeness (QED) is 0.683. The molecule has 94 valence electrons. The number of piperidine rings is 1. The third-order valence-corrected chi connectivity index (χ3v) is 3.15. The summed E-state index contributed by atoms with van der Waals surface area (Å²) in [6.07, 6.45) is 3.66. The molecular weight excluding hydrogens is 204 g/mol. The molecule has 0 atom stereocenters. The van der Waals surface area contributed by atoms with Crippen molar-refractivity contribution in [2.24, 2.45) is 0 Å². The van der Waals surface area contributed by atoms with E-state index in [1.807, 2.05) is 6.92 Å². The topological polar surface area (TPSA) is 52.6 Å². The van der Waals surface area contributed by atoms with Crippen molar-refractivity contribution in [1.82, 2.24) is 10.2 Å². The first kappa shape index (κ1) is 13.5. The molecule has 1 heterocycles. The van der Waals surface area contributed by atoms with Crippen LogP contribution in [0.15, 0.2) is 0 Å². The van der Waals surface area contributed by atoms with E-state index < -0.39 is 5.60 Å². The molecule has 0 aromatic rings. The molecule has 1 aliphatic rings. The predicted octanol–water partition coefficient (Wildman–Crippen LogP) is 0.749. The van der Waals surface area contributed by atoms with Gasteiger partial charge < -0.3 is 10.4 Å². The number of likely N-dealkylation sites (tertiary alicyclic amines) is 1. The minimum Gasteiger partial charge on any atom is -0.390 e. The fourth-order valence-electron chi connectivity index (χ4n) is 1.86. The van der Waals surface area contributed by atoms with Crippen molar-refractivity contribution in [1.29, 1.82) is 0 Å². The Morgan fingerprint density at radius 3 is 2.62 bits per heavy atom. The van der Waals surface area contributed by atoms with E-state index in [1.165, 1.54) is 0 Å². The summed E-state index contributed by atoms with van der Waals surface area (Å²) in [5, 5.41) is 12.7. The van der Waals surface area contributed by atoms with Crippen LogP contribution in [0.4, 0.5) is 0 Å². The van der Waals surface area contributed by atoms with Crippen LogP contribution in [-0.4, -0.2) is 47.7 Å². The van der Waals surface area contributed by atoms with Gasteiger partial charge in [-0.15, -0.1) is 0 Å². The summed E-state index contributed by atoms with van der Waals surface area (Å²) in [7, 11) is 0. The molecule has 1 fully saturated rings.